The van der Waals surface area contributed by atoms with E-state index in [1.165, 1.54) is 13.4 Å². The molecule has 8 nitrogen and oxygen atoms in total. The van der Waals surface area contributed by atoms with Gasteiger partial charge in [-0.2, -0.15) is 0 Å². The number of nitrogens with zero attached hydrogens (tertiary/aromatic N) is 2. The number of para-hydroxylation sites is 1. The number of carbonyl (C=O) groups is 2. The molecule has 0 aliphatic carbocycles. The summed E-state index contributed by atoms with van der Waals surface area (Å²) in [6, 6.07) is 6.73. The number of benzene rings is 1. The van der Waals surface area contributed by atoms with Gasteiger partial charge >= 0.3 is 5.97 Å². The highest BCUT2D eigenvalue weighted by atomic mass is 16.5. The summed E-state index contributed by atoms with van der Waals surface area (Å²) in [4.78, 5) is 41.7. The van der Waals surface area contributed by atoms with Crippen LogP contribution in [0.2, 0.25) is 0 Å². The number of rotatable bonds is 6. The van der Waals surface area contributed by atoms with Gasteiger partial charge in [-0.05, 0) is 26.0 Å². The average molecular weight is 370 g/mol. The minimum atomic E-state index is -0.665. The minimum absolute atomic E-state index is 0.00118. The lowest BCUT2D eigenvalue weighted by Crippen LogP contribution is -2.25. The van der Waals surface area contributed by atoms with Crippen LogP contribution in [0.15, 0.2) is 39.8 Å². The molecule has 2 aromatic heterocycles. The third-order valence-electron chi connectivity index (χ3n) is 4.06. The quantitative estimate of drug-likeness (QED) is 0.485. The van der Waals surface area contributed by atoms with E-state index in [0.717, 1.165) is 4.57 Å². The second-order valence-electron chi connectivity index (χ2n) is 5.73. The molecule has 27 heavy (non-hydrogen) atoms. The molecule has 1 aromatic carbocycles. The lowest BCUT2D eigenvalue weighted by Gasteiger charge is -2.08. The molecule has 0 aliphatic heterocycles. The van der Waals surface area contributed by atoms with Gasteiger partial charge in [-0.1, -0.05) is 12.1 Å². The SMILES string of the molecule is CCOC(=O)c1c(C)oc2ncn(CC(=O)c3ccccc3OC)c(=O)c12. The Kier molecular flexibility index (Phi) is 5.07. The molecule has 8 heteroatoms. The number of aryl methyl sites for hydroxylation is 1. The maximum Gasteiger partial charge on any atom is 0.342 e. The van der Waals surface area contributed by atoms with Crippen LogP contribution in [-0.2, 0) is 11.3 Å². The van der Waals surface area contributed by atoms with Crippen molar-refractivity contribution < 1.29 is 23.5 Å². The van der Waals surface area contributed by atoms with Crippen LogP contribution in [0.25, 0.3) is 11.1 Å². The number of ketones is 1. The van der Waals surface area contributed by atoms with Gasteiger partial charge in [0.05, 0.1) is 25.8 Å². The lowest BCUT2D eigenvalue weighted by molar-refractivity contribution is 0.0526. The molecule has 140 valence electrons. The molecule has 0 spiro atoms. The Hall–Kier alpha value is -3.42. The monoisotopic (exact) mass is 370 g/mol. The van der Waals surface area contributed by atoms with Crippen LogP contribution in [0.5, 0.6) is 5.75 Å². The molecular formula is C19H18N2O6. The Morgan fingerprint density at radius 1 is 1.26 bits per heavy atom. The van der Waals surface area contributed by atoms with Gasteiger partial charge in [-0.25, -0.2) is 9.78 Å². The molecule has 0 bridgehead atoms. The summed E-state index contributed by atoms with van der Waals surface area (Å²) in [5.74, 6) is -0.340. The second kappa shape index (κ2) is 7.45. The largest absolute Gasteiger partial charge is 0.496 e. The van der Waals surface area contributed by atoms with Crippen molar-refractivity contribution in [3.63, 3.8) is 0 Å². The van der Waals surface area contributed by atoms with Crippen molar-refractivity contribution in [2.24, 2.45) is 0 Å². The Balaban J connectivity index is 2.05. The van der Waals surface area contributed by atoms with Crippen molar-refractivity contribution in [3.05, 3.63) is 57.8 Å². The van der Waals surface area contributed by atoms with E-state index in [4.69, 9.17) is 13.9 Å². The zero-order valence-corrected chi connectivity index (χ0v) is 15.1. The Bertz CT molecular complexity index is 1080. The molecule has 0 radical (unpaired) electrons. The zero-order valence-electron chi connectivity index (χ0n) is 15.1. The zero-order chi connectivity index (χ0) is 19.6. The summed E-state index contributed by atoms with van der Waals surface area (Å²) < 4.78 is 16.7. The van der Waals surface area contributed by atoms with Gasteiger partial charge in [0.25, 0.3) is 5.56 Å². The second-order valence-corrected chi connectivity index (χ2v) is 5.73. The number of hydrogen-bond acceptors (Lipinski definition) is 7. The number of fused-ring (bicyclic) bond motifs is 1. The molecule has 0 unspecified atom stereocenters. The number of esters is 1. The number of furan rings is 1. The molecule has 0 fully saturated rings. The van der Waals surface area contributed by atoms with E-state index < -0.39 is 11.5 Å². The van der Waals surface area contributed by atoms with Crippen LogP contribution >= 0.6 is 0 Å². The fraction of sp³-hybridized carbons (Fsp3) is 0.263. The Morgan fingerprint density at radius 3 is 2.70 bits per heavy atom. The normalized spacial score (nSPS) is 10.8. The number of methoxy groups -OCH3 is 1. The van der Waals surface area contributed by atoms with Gasteiger partial charge in [0.2, 0.25) is 5.71 Å². The van der Waals surface area contributed by atoms with Gasteiger partial charge in [-0.3, -0.25) is 14.2 Å². The maximum atomic E-state index is 12.9. The molecule has 0 saturated carbocycles. The number of aromatic nitrogens is 2. The number of ether oxygens (including phenoxy) is 2. The van der Waals surface area contributed by atoms with E-state index in [-0.39, 0.29) is 41.4 Å². The molecule has 0 amide bonds. The highest BCUT2D eigenvalue weighted by molar-refractivity contribution is 6.03. The Morgan fingerprint density at radius 2 is 2.00 bits per heavy atom. The lowest BCUT2D eigenvalue weighted by atomic mass is 10.1. The van der Waals surface area contributed by atoms with Crippen molar-refractivity contribution in [2.75, 3.05) is 13.7 Å². The van der Waals surface area contributed by atoms with Crippen LogP contribution in [0, 0.1) is 6.92 Å². The van der Waals surface area contributed by atoms with Gasteiger partial charge < -0.3 is 13.9 Å². The standard InChI is InChI=1S/C19H18N2O6/c1-4-26-19(24)15-11(2)27-17-16(15)18(23)21(10-20-17)9-13(22)12-7-5-6-8-14(12)25-3/h5-8,10H,4,9H2,1-3H3. The molecule has 3 aromatic rings. The van der Waals surface area contributed by atoms with E-state index in [1.54, 1.807) is 38.1 Å². The summed E-state index contributed by atoms with van der Waals surface area (Å²) in [6.45, 7) is 3.12. The summed E-state index contributed by atoms with van der Waals surface area (Å²) in [5, 5.41) is 0.00118. The summed E-state index contributed by atoms with van der Waals surface area (Å²) in [5.41, 5.74) is -0.144. The minimum Gasteiger partial charge on any atom is -0.496 e. The van der Waals surface area contributed by atoms with Gasteiger partial charge in [0.1, 0.15) is 28.8 Å². The summed E-state index contributed by atoms with van der Waals surface area (Å²) in [7, 11) is 1.46. The fourth-order valence-corrected chi connectivity index (χ4v) is 2.81. The van der Waals surface area contributed by atoms with Crippen molar-refractivity contribution in [3.8, 4) is 5.75 Å². The van der Waals surface area contributed by atoms with E-state index in [2.05, 4.69) is 4.98 Å². The van der Waals surface area contributed by atoms with Gasteiger partial charge in [0, 0.05) is 0 Å². The first kappa shape index (κ1) is 18.4. The highest BCUT2D eigenvalue weighted by Gasteiger charge is 2.24. The fourth-order valence-electron chi connectivity index (χ4n) is 2.81. The predicted molar refractivity (Wildman–Crippen MR) is 96.3 cm³/mol. The molecule has 0 atom stereocenters. The summed E-state index contributed by atoms with van der Waals surface area (Å²) >= 11 is 0. The molecular weight excluding hydrogens is 352 g/mol. The molecule has 0 saturated heterocycles. The van der Waals surface area contributed by atoms with Crippen LogP contribution in [0.1, 0.15) is 33.4 Å². The molecule has 2 heterocycles. The smallest absolute Gasteiger partial charge is 0.342 e. The molecule has 0 N–H and O–H groups in total. The van der Waals surface area contributed by atoms with Crippen LogP contribution in [0.4, 0.5) is 0 Å². The molecule has 3 rings (SSSR count). The first-order valence-corrected chi connectivity index (χ1v) is 8.29. The first-order chi connectivity index (χ1) is 13.0. The number of carbonyl (C=O) groups excluding carboxylic acids is 2. The predicted octanol–water partition coefficient (Wildman–Crippen LogP) is 2.37. The third-order valence-corrected chi connectivity index (χ3v) is 4.06. The Labute approximate surface area is 154 Å². The summed E-state index contributed by atoms with van der Waals surface area (Å²) in [6.07, 6.45) is 1.22. The van der Waals surface area contributed by atoms with Crippen LogP contribution in [-0.4, -0.2) is 35.0 Å². The maximum absolute atomic E-state index is 12.9. The first-order valence-electron chi connectivity index (χ1n) is 8.29. The van der Waals surface area contributed by atoms with Gasteiger partial charge in [0.15, 0.2) is 5.78 Å². The number of hydrogen-bond donors (Lipinski definition) is 0. The van der Waals surface area contributed by atoms with Gasteiger partial charge in [-0.15, -0.1) is 0 Å². The van der Waals surface area contributed by atoms with Crippen molar-refractivity contribution in [1.29, 1.82) is 0 Å². The van der Waals surface area contributed by atoms with Crippen molar-refractivity contribution in [2.45, 2.75) is 20.4 Å². The van der Waals surface area contributed by atoms with E-state index in [1.807, 2.05) is 0 Å². The topological polar surface area (TPSA) is 101 Å². The van der Waals surface area contributed by atoms with E-state index >= 15 is 0 Å². The van der Waals surface area contributed by atoms with E-state index in [9.17, 15) is 14.4 Å². The third kappa shape index (κ3) is 3.33. The van der Waals surface area contributed by atoms with Crippen LogP contribution in [0.3, 0.4) is 0 Å². The number of Topliss-reactive ketones (excluding diaryl/α,β-unsaturated/α-hetero) is 1. The average Bonchev–Trinajstić information content (AvgIpc) is 3.01. The highest BCUT2D eigenvalue weighted by Crippen LogP contribution is 2.22. The van der Waals surface area contributed by atoms with Crippen LogP contribution < -0.4 is 10.3 Å². The van der Waals surface area contributed by atoms with Crippen molar-refractivity contribution in [1.82, 2.24) is 9.55 Å². The van der Waals surface area contributed by atoms with Crippen molar-refractivity contribution >= 4 is 22.9 Å². The van der Waals surface area contributed by atoms with E-state index in [0.29, 0.717) is 11.3 Å². The molecule has 0 aliphatic rings.